The van der Waals surface area contributed by atoms with Crippen LogP contribution in [0.15, 0.2) is 6.20 Å². The van der Waals surface area contributed by atoms with E-state index in [2.05, 4.69) is 5.10 Å². The minimum atomic E-state index is -1.61. The standard InChI is InChI=1S/C8H11ClN2O3/c1-2-3-11-6(5(9)4-10-11)7(12)8(13)14/h4,7,12H,2-3H2,1H3,(H,13,14). The number of carbonyl (C=O) groups is 1. The number of nitrogens with zero attached hydrogens (tertiary/aromatic N) is 2. The van der Waals surface area contributed by atoms with Gasteiger partial charge in [0.2, 0.25) is 0 Å². The number of carboxylic acid groups (broad SMARTS) is 1. The Hall–Kier alpha value is -1.07. The van der Waals surface area contributed by atoms with Crippen molar-refractivity contribution in [3.8, 4) is 0 Å². The summed E-state index contributed by atoms with van der Waals surface area (Å²) >= 11 is 5.71. The van der Waals surface area contributed by atoms with Crippen LogP contribution >= 0.6 is 11.6 Å². The minimum absolute atomic E-state index is 0.140. The van der Waals surface area contributed by atoms with Crippen LogP contribution in [0.5, 0.6) is 0 Å². The van der Waals surface area contributed by atoms with Crippen LogP contribution in [-0.2, 0) is 11.3 Å². The summed E-state index contributed by atoms with van der Waals surface area (Å²) in [5, 5.41) is 22.0. The van der Waals surface area contributed by atoms with Gasteiger partial charge in [0, 0.05) is 6.54 Å². The molecule has 14 heavy (non-hydrogen) atoms. The van der Waals surface area contributed by atoms with E-state index in [1.54, 1.807) is 0 Å². The van der Waals surface area contributed by atoms with Gasteiger partial charge in [0.1, 0.15) is 0 Å². The summed E-state index contributed by atoms with van der Waals surface area (Å²) in [5.74, 6) is -1.33. The minimum Gasteiger partial charge on any atom is -0.479 e. The molecule has 0 saturated heterocycles. The molecule has 0 radical (unpaired) electrons. The fourth-order valence-electron chi connectivity index (χ4n) is 1.15. The van der Waals surface area contributed by atoms with Gasteiger partial charge in [-0.3, -0.25) is 4.68 Å². The van der Waals surface area contributed by atoms with Crippen LogP contribution in [0.4, 0.5) is 0 Å². The van der Waals surface area contributed by atoms with Gasteiger partial charge in [0.05, 0.1) is 16.9 Å². The molecule has 0 saturated carbocycles. The SMILES string of the molecule is CCCn1ncc(Cl)c1C(O)C(=O)O. The number of aliphatic hydroxyl groups is 1. The number of carboxylic acids is 1. The molecule has 1 atom stereocenters. The van der Waals surface area contributed by atoms with E-state index in [-0.39, 0.29) is 10.7 Å². The molecule has 1 heterocycles. The molecule has 1 aromatic heterocycles. The van der Waals surface area contributed by atoms with E-state index < -0.39 is 12.1 Å². The van der Waals surface area contributed by atoms with Gasteiger partial charge >= 0.3 is 5.97 Å². The van der Waals surface area contributed by atoms with Gasteiger partial charge in [-0.25, -0.2) is 4.79 Å². The number of hydrogen-bond donors (Lipinski definition) is 2. The highest BCUT2D eigenvalue weighted by Gasteiger charge is 2.23. The number of aliphatic hydroxyl groups excluding tert-OH is 1. The Bertz CT molecular complexity index is 337. The Morgan fingerprint density at radius 2 is 2.43 bits per heavy atom. The Morgan fingerprint density at radius 3 is 2.93 bits per heavy atom. The first kappa shape index (κ1) is 11.0. The zero-order valence-corrected chi connectivity index (χ0v) is 8.40. The molecule has 2 N–H and O–H groups in total. The summed E-state index contributed by atoms with van der Waals surface area (Å²) in [4.78, 5) is 10.6. The van der Waals surface area contributed by atoms with Crippen LogP contribution in [0.25, 0.3) is 0 Å². The van der Waals surface area contributed by atoms with Gasteiger partial charge in [-0.1, -0.05) is 18.5 Å². The van der Waals surface area contributed by atoms with Crippen LogP contribution in [0.1, 0.15) is 25.1 Å². The fourth-order valence-corrected chi connectivity index (χ4v) is 1.40. The van der Waals surface area contributed by atoms with Crippen LogP contribution in [-0.4, -0.2) is 26.0 Å². The van der Waals surface area contributed by atoms with Crippen molar-refractivity contribution in [2.24, 2.45) is 0 Å². The molecule has 78 valence electrons. The van der Waals surface area contributed by atoms with Crippen LogP contribution in [0.3, 0.4) is 0 Å². The van der Waals surface area contributed by atoms with E-state index in [4.69, 9.17) is 16.7 Å². The maximum absolute atomic E-state index is 10.6. The van der Waals surface area contributed by atoms with Crippen molar-refractivity contribution in [3.05, 3.63) is 16.9 Å². The van der Waals surface area contributed by atoms with Crippen molar-refractivity contribution in [1.82, 2.24) is 9.78 Å². The first-order valence-corrected chi connectivity index (χ1v) is 4.57. The predicted octanol–water partition coefficient (Wildman–Crippen LogP) is 1.06. The van der Waals surface area contributed by atoms with Crippen LogP contribution < -0.4 is 0 Å². The molecule has 0 bridgehead atoms. The molecule has 0 aliphatic rings. The highest BCUT2D eigenvalue weighted by atomic mass is 35.5. The smallest absolute Gasteiger partial charge is 0.338 e. The third-order valence-corrected chi connectivity index (χ3v) is 2.05. The van der Waals surface area contributed by atoms with E-state index in [0.29, 0.717) is 6.54 Å². The second kappa shape index (κ2) is 4.43. The van der Waals surface area contributed by atoms with Crippen molar-refractivity contribution >= 4 is 17.6 Å². The van der Waals surface area contributed by atoms with Gasteiger partial charge in [-0.05, 0) is 6.42 Å². The fraction of sp³-hybridized carbons (Fsp3) is 0.500. The lowest BCUT2D eigenvalue weighted by atomic mass is 10.2. The van der Waals surface area contributed by atoms with Crippen molar-refractivity contribution in [1.29, 1.82) is 0 Å². The molecule has 0 aliphatic heterocycles. The van der Waals surface area contributed by atoms with Gasteiger partial charge in [-0.2, -0.15) is 5.10 Å². The lowest BCUT2D eigenvalue weighted by Crippen LogP contribution is -2.16. The Morgan fingerprint density at radius 1 is 1.79 bits per heavy atom. The predicted molar refractivity (Wildman–Crippen MR) is 50.1 cm³/mol. The largest absolute Gasteiger partial charge is 0.479 e. The third-order valence-electron chi connectivity index (χ3n) is 1.76. The van der Waals surface area contributed by atoms with E-state index in [0.717, 1.165) is 6.42 Å². The van der Waals surface area contributed by atoms with E-state index in [1.165, 1.54) is 10.9 Å². The summed E-state index contributed by atoms with van der Waals surface area (Å²) in [5.41, 5.74) is 0.140. The Kier molecular flexibility index (Phi) is 3.49. The maximum Gasteiger partial charge on any atom is 0.338 e. The van der Waals surface area contributed by atoms with Gasteiger partial charge in [-0.15, -0.1) is 0 Å². The monoisotopic (exact) mass is 218 g/mol. The number of hydrogen-bond acceptors (Lipinski definition) is 3. The van der Waals surface area contributed by atoms with E-state index in [9.17, 15) is 9.90 Å². The lowest BCUT2D eigenvalue weighted by molar-refractivity contribution is -0.147. The summed E-state index contributed by atoms with van der Waals surface area (Å²) in [7, 11) is 0. The highest BCUT2D eigenvalue weighted by Crippen LogP contribution is 2.22. The molecule has 0 aromatic carbocycles. The molecule has 0 fully saturated rings. The first-order chi connectivity index (χ1) is 6.57. The molecule has 6 heteroatoms. The Labute approximate surface area is 85.9 Å². The van der Waals surface area contributed by atoms with E-state index in [1.807, 2.05) is 6.92 Å². The number of rotatable bonds is 4. The summed E-state index contributed by atoms with van der Waals surface area (Å²) in [6.45, 7) is 2.46. The van der Waals surface area contributed by atoms with E-state index >= 15 is 0 Å². The summed E-state index contributed by atoms with van der Waals surface area (Å²) < 4.78 is 1.40. The average molecular weight is 219 g/mol. The molecule has 0 aliphatic carbocycles. The normalized spacial score (nSPS) is 12.8. The van der Waals surface area contributed by atoms with Crippen LogP contribution in [0, 0.1) is 0 Å². The molecular formula is C8H11ClN2O3. The second-order valence-corrected chi connectivity index (χ2v) is 3.25. The quantitative estimate of drug-likeness (QED) is 0.793. The van der Waals surface area contributed by atoms with Crippen molar-refractivity contribution < 1.29 is 15.0 Å². The molecule has 0 amide bonds. The van der Waals surface area contributed by atoms with Gasteiger partial charge in [0.15, 0.2) is 6.10 Å². The van der Waals surface area contributed by atoms with Crippen molar-refractivity contribution in [3.63, 3.8) is 0 Å². The zero-order valence-electron chi connectivity index (χ0n) is 7.64. The molecule has 1 aromatic rings. The number of halogens is 1. The molecule has 1 unspecified atom stereocenters. The number of aromatic nitrogens is 2. The lowest BCUT2D eigenvalue weighted by Gasteiger charge is -2.09. The van der Waals surface area contributed by atoms with Crippen molar-refractivity contribution in [2.75, 3.05) is 0 Å². The first-order valence-electron chi connectivity index (χ1n) is 4.20. The highest BCUT2D eigenvalue weighted by molar-refractivity contribution is 6.31. The molecular weight excluding hydrogens is 208 g/mol. The number of aryl methyl sites for hydroxylation is 1. The third kappa shape index (κ3) is 2.05. The topological polar surface area (TPSA) is 75.3 Å². The second-order valence-electron chi connectivity index (χ2n) is 2.84. The molecule has 1 rings (SSSR count). The Balaban J connectivity index is 3.03. The summed E-state index contributed by atoms with van der Waals surface area (Å²) in [6.07, 6.45) is 0.507. The summed E-state index contributed by atoms with van der Waals surface area (Å²) in [6, 6.07) is 0. The number of aliphatic carboxylic acids is 1. The van der Waals surface area contributed by atoms with Crippen LogP contribution in [0.2, 0.25) is 5.02 Å². The zero-order chi connectivity index (χ0) is 10.7. The van der Waals surface area contributed by atoms with Crippen molar-refractivity contribution in [2.45, 2.75) is 26.0 Å². The van der Waals surface area contributed by atoms with Gasteiger partial charge < -0.3 is 10.2 Å². The molecule has 0 spiro atoms. The average Bonchev–Trinajstić information content (AvgIpc) is 2.47. The van der Waals surface area contributed by atoms with Gasteiger partial charge in [0.25, 0.3) is 0 Å². The maximum atomic E-state index is 10.6. The molecule has 5 nitrogen and oxygen atoms in total.